The van der Waals surface area contributed by atoms with Gasteiger partial charge < -0.3 is 5.73 Å². The van der Waals surface area contributed by atoms with Crippen LogP contribution in [0.5, 0.6) is 0 Å². The maximum atomic E-state index is 12.4. The molecule has 21 heavy (non-hydrogen) atoms. The minimum absolute atomic E-state index is 0.0548. The van der Waals surface area contributed by atoms with Crippen LogP contribution in [0.25, 0.3) is 0 Å². The zero-order valence-corrected chi connectivity index (χ0v) is 13.3. The van der Waals surface area contributed by atoms with E-state index >= 15 is 0 Å². The predicted octanol–water partition coefficient (Wildman–Crippen LogP) is 1.61. The van der Waals surface area contributed by atoms with Crippen molar-refractivity contribution >= 4 is 33.2 Å². The van der Waals surface area contributed by atoms with Crippen LogP contribution in [0.2, 0.25) is 10.0 Å². The van der Waals surface area contributed by atoms with Crippen LogP contribution in [0.4, 0.5) is 0 Å². The molecule has 10 heteroatoms. The number of rotatable bonds is 5. The lowest BCUT2D eigenvalue weighted by Crippen LogP contribution is -2.28. The summed E-state index contributed by atoms with van der Waals surface area (Å²) < 4.78 is 27.3. The molecule has 0 aliphatic rings. The Morgan fingerprint density at radius 2 is 2.14 bits per heavy atom. The van der Waals surface area contributed by atoms with Crippen LogP contribution in [-0.4, -0.2) is 23.6 Å². The monoisotopic (exact) mass is 349 g/mol. The van der Waals surface area contributed by atoms with E-state index < -0.39 is 16.1 Å². The molecule has 1 aromatic carbocycles. The molecule has 0 aliphatic heterocycles. The van der Waals surface area contributed by atoms with Crippen LogP contribution in [0.1, 0.15) is 24.4 Å². The van der Waals surface area contributed by atoms with Crippen molar-refractivity contribution in [3.05, 3.63) is 39.9 Å². The molecular formula is C11H13Cl2N5O2S. The van der Waals surface area contributed by atoms with Gasteiger partial charge in [-0.2, -0.15) is 5.10 Å². The molecule has 1 aromatic heterocycles. The first-order valence-corrected chi connectivity index (χ1v) is 8.14. The molecule has 0 amide bonds. The standard InChI is InChI=1S/C11H13Cl2N5O2S/c1-6(11-15-5-16-17-11)18-21(19,20)9-3-8(12)2-7(4-14)10(9)13/h2-3,5-6,18H,4,14H2,1H3,(H,15,16,17). The summed E-state index contributed by atoms with van der Waals surface area (Å²) >= 11 is 12.0. The van der Waals surface area contributed by atoms with Crippen molar-refractivity contribution in [1.29, 1.82) is 0 Å². The van der Waals surface area contributed by atoms with E-state index in [2.05, 4.69) is 19.9 Å². The van der Waals surface area contributed by atoms with Crippen LogP contribution in [0.15, 0.2) is 23.4 Å². The zero-order chi connectivity index (χ0) is 15.6. The average molecular weight is 350 g/mol. The van der Waals surface area contributed by atoms with Gasteiger partial charge in [0.25, 0.3) is 0 Å². The van der Waals surface area contributed by atoms with E-state index in [0.717, 1.165) is 0 Å². The predicted molar refractivity (Wildman–Crippen MR) is 79.5 cm³/mol. The summed E-state index contributed by atoms with van der Waals surface area (Å²) in [5.41, 5.74) is 5.98. The molecule has 1 atom stereocenters. The summed E-state index contributed by atoms with van der Waals surface area (Å²) in [6, 6.07) is 2.20. The fraction of sp³-hybridized carbons (Fsp3) is 0.273. The Balaban J connectivity index is 2.38. The summed E-state index contributed by atoms with van der Waals surface area (Å²) in [6.45, 7) is 1.71. The van der Waals surface area contributed by atoms with Crippen molar-refractivity contribution < 1.29 is 8.42 Å². The van der Waals surface area contributed by atoms with Crippen molar-refractivity contribution in [2.45, 2.75) is 24.4 Å². The summed E-state index contributed by atoms with van der Waals surface area (Å²) in [4.78, 5) is 3.77. The number of nitrogens with zero attached hydrogens (tertiary/aromatic N) is 2. The van der Waals surface area contributed by atoms with Gasteiger partial charge in [0.05, 0.1) is 11.1 Å². The molecule has 0 saturated carbocycles. The minimum atomic E-state index is -3.88. The molecule has 0 radical (unpaired) electrons. The topological polar surface area (TPSA) is 114 Å². The van der Waals surface area contributed by atoms with E-state index in [-0.39, 0.29) is 21.5 Å². The Bertz CT molecular complexity index is 733. The van der Waals surface area contributed by atoms with Gasteiger partial charge >= 0.3 is 0 Å². The molecule has 0 bridgehead atoms. The molecule has 4 N–H and O–H groups in total. The van der Waals surface area contributed by atoms with Gasteiger partial charge in [-0.15, -0.1) is 0 Å². The van der Waals surface area contributed by atoms with Crippen molar-refractivity contribution in [1.82, 2.24) is 19.9 Å². The molecule has 1 heterocycles. The van der Waals surface area contributed by atoms with Gasteiger partial charge in [-0.25, -0.2) is 18.1 Å². The lowest BCUT2D eigenvalue weighted by atomic mass is 10.2. The SMILES string of the molecule is CC(NS(=O)(=O)c1cc(Cl)cc(CN)c1Cl)c1ncn[nH]1. The lowest BCUT2D eigenvalue weighted by Gasteiger charge is -2.14. The Kier molecular flexibility index (Phi) is 4.84. The van der Waals surface area contributed by atoms with Crippen LogP contribution < -0.4 is 10.5 Å². The Labute approximate surface area is 131 Å². The molecule has 2 aromatic rings. The third-order valence-corrected chi connectivity index (χ3v) is 5.11. The van der Waals surface area contributed by atoms with Gasteiger partial charge in [0.1, 0.15) is 17.0 Å². The molecule has 114 valence electrons. The highest BCUT2D eigenvalue weighted by atomic mass is 35.5. The van der Waals surface area contributed by atoms with E-state index in [1.807, 2.05) is 0 Å². The fourth-order valence-electron chi connectivity index (χ4n) is 1.74. The van der Waals surface area contributed by atoms with Gasteiger partial charge in [-0.3, -0.25) is 5.10 Å². The van der Waals surface area contributed by atoms with E-state index in [4.69, 9.17) is 28.9 Å². The smallest absolute Gasteiger partial charge is 0.242 e. The molecule has 2 rings (SSSR count). The van der Waals surface area contributed by atoms with E-state index in [0.29, 0.717) is 11.4 Å². The number of hydrogen-bond acceptors (Lipinski definition) is 5. The van der Waals surface area contributed by atoms with Crippen LogP contribution in [0, 0.1) is 0 Å². The first kappa shape index (κ1) is 16.2. The fourth-order valence-corrected chi connectivity index (χ4v) is 3.89. The van der Waals surface area contributed by atoms with Crippen molar-refractivity contribution in [3.63, 3.8) is 0 Å². The van der Waals surface area contributed by atoms with Crippen LogP contribution in [-0.2, 0) is 16.6 Å². The number of H-pyrrole nitrogens is 1. The van der Waals surface area contributed by atoms with Gasteiger partial charge in [0.15, 0.2) is 0 Å². The number of nitrogens with one attached hydrogen (secondary N) is 2. The number of hydrogen-bond donors (Lipinski definition) is 3. The third-order valence-electron chi connectivity index (χ3n) is 2.76. The molecule has 1 unspecified atom stereocenters. The number of aromatic nitrogens is 3. The normalized spacial score (nSPS) is 13.3. The summed E-state index contributed by atoms with van der Waals surface area (Å²) in [5.74, 6) is 0.385. The highest BCUT2D eigenvalue weighted by Gasteiger charge is 2.24. The van der Waals surface area contributed by atoms with Crippen molar-refractivity contribution in [2.75, 3.05) is 0 Å². The Morgan fingerprint density at radius 3 is 2.71 bits per heavy atom. The minimum Gasteiger partial charge on any atom is -0.326 e. The molecular weight excluding hydrogens is 337 g/mol. The number of aromatic amines is 1. The zero-order valence-electron chi connectivity index (χ0n) is 11.0. The molecule has 0 fully saturated rings. The van der Waals surface area contributed by atoms with E-state index in [1.54, 1.807) is 6.92 Å². The average Bonchev–Trinajstić information content (AvgIpc) is 2.94. The largest absolute Gasteiger partial charge is 0.326 e. The van der Waals surface area contributed by atoms with Crippen molar-refractivity contribution in [2.24, 2.45) is 5.73 Å². The first-order valence-electron chi connectivity index (χ1n) is 5.90. The number of halogens is 2. The van der Waals surface area contributed by atoms with Gasteiger partial charge in [0, 0.05) is 11.6 Å². The summed E-state index contributed by atoms with van der Waals surface area (Å²) in [6.07, 6.45) is 1.29. The van der Waals surface area contributed by atoms with Gasteiger partial charge in [-0.1, -0.05) is 23.2 Å². The number of sulfonamides is 1. The number of nitrogens with two attached hydrogens (primary N) is 1. The molecule has 0 saturated heterocycles. The van der Waals surface area contributed by atoms with E-state index in [9.17, 15) is 8.42 Å². The molecule has 0 spiro atoms. The number of benzene rings is 1. The second-order valence-electron chi connectivity index (χ2n) is 4.29. The summed E-state index contributed by atoms with van der Waals surface area (Å²) in [5, 5.41) is 6.56. The second-order valence-corrected chi connectivity index (χ2v) is 6.79. The van der Waals surface area contributed by atoms with E-state index in [1.165, 1.54) is 18.5 Å². The maximum absolute atomic E-state index is 12.4. The van der Waals surface area contributed by atoms with Crippen LogP contribution >= 0.6 is 23.2 Å². The quantitative estimate of drug-likeness (QED) is 0.758. The third kappa shape index (κ3) is 3.53. The highest BCUT2D eigenvalue weighted by molar-refractivity contribution is 7.89. The summed E-state index contributed by atoms with van der Waals surface area (Å²) in [7, 11) is -3.88. The first-order chi connectivity index (χ1) is 9.85. The van der Waals surface area contributed by atoms with Crippen molar-refractivity contribution in [3.8, 4) is 0 Å². The van der Waals surface area contributed by atoms with Gasteiger partial charge in [0.2, 0.25) is 10.0 Å². The molecule has 7 nitrogen and oxygen atoms in total. The second kappa shape index (κ2) is 6.29. The Morgan fingerprint density at radius 1 is 1.43 bits per heavy atom. The Hall–Kier alpha value is -1.19. The lowest BCUT2D eigenvalue weighted by molar-refractivity contribution is 0.560. The maximum Gasteiger partial charge on any atom is 0.242 e. The van der Waals surface area contributed by atoms with Gasteiger partial charge in [-0.05, 0) is 24.6 Å². The highest BCUT2D eigenvalue weighted by Crippen LogP contribution is 2.29. The molecule has 0 aliphatic carbocycles. The van der Waals surface area contributed by atoms with Crippen LogP contribution in [0.3, 0.4) is 0 Å².